The van der Waals surface area contributed by atoms with Crippen LogP contribution in [-0.2, 0) is 11.3 Å². The van der Waals surface area contributed by atoms with Crippen molar-refractivity contribution in [1.82, 2.24) is 5.32 Å². The van der Waals surface area contributed by atoms with Gasteiger partial charge in [-0.25, -0.2) is 4.39 Å². The first-order valence-corrected chi connectivity index (χ1v) is 6.50. The van der Waals surface area contributed by atoms with E-state index in [2.05, 4.69) is 5.32 Å². The number of ether oxygens (including phenoxy) is 1. The van der Waals surface area contributed by atoms with Gasteiger partial charge in [-0.1, -0.05) is 13.8 Å². The number of carbonyl (C=O) groups is 1. The number of nitrogens with one attached hydrogen (secondary N) is 1. The van der Waals surface area contributed by atoms with E-state index in [9.17, 15) is 9.18 Å². The lowest BCUT2D eigenvalue weighted by molar-refractivity contribution is -0.123. The van der Waals surface area contributed by atoms with E-state index in [1.54, 1.807) is 6.07 Å². The van der Waals surface area contributed by atoms with Crippen molar-refractivity contribution in [2.45, 2.75) is 39.3 Å². The van der Waals surface area contributed by atoms with Crippen LogP contribution in [0, 0.1) is 5.82 Å². The van der Waals surface area contributed by atoms with Crippen LogP contribution >= 0.6 is 0 Å². The molecule has 0 heterocycles. The van der Waals surface area contributed by atoms with Crippen LogP contribution in [0.5, 0.6) is 5.75 Å². The number of hydrogen-bond acceptors (Lipinski definition) is 3. The Bertz CT molecular complexity index is 420. The van der Waals surface area contributed by atoms with Crippen LogP contribution in [0.1, 0.15) is 32.3 Å². The third-order valence-corrected chi connectivity index (χ3v) is 2.89. The summed E-state index contributed by atoms with van der Waals surface area (Å²) in [7, 11) is 0. The van der Waals surface area contributed by atoms with Gasteiger partial charge in [-0.05, 0) is 30.5 Å². The number of amides is 1. The van der Waals surface area contributed by atoms with E-state index in [1.807, 2.05) is 13.8 Å². The number of hydrogen-bond donors (Lipinski definition) is 2. The van der Waals surface area contributed by atoms with Gasteiger partial charge in [0.25, 0.3) is 5.91 Å². The Kier molecular flexibility index (Phi) is 6.29. The van der Waals surface area contributed by atoms with Crippen molar-refractivity contribution in [3.63, 3.8) is 0 Å². The van der Waals surface area contributed by atoms with Crippen molar-refractivity contribution >= 4 is 5.91 Å². The van der Waals surface area contributed by atoms with E-state index in [-0.39, 0.29) is 25.1 Å². The quantitative estimate of drug-likeness (QED) is 0.794. The number of rotatable bonds is 7. The molecule has 0 aliphatic carbocycles. The molecule has 1 rings (SSSR count). The predicted molar refractivity (Wildman–Crippen MR) is 72.3 cm³/mol. The molecular weight excluding hydrogens is 247 g/mol. The monoisotopic (exact) mass is 268 g/mol. The molecule has 19 heavy (non-hydrogen) atoms. The molecule has 1 aromatic rings. The van der Waals surface area contributed by atoms with Gasteiger partial charge in [-0.15, -0.1) is 0 Å². The highest BCUT2D eigenvalue weighted by Crippen LogP contribution is 2.16. The Hall–Kier alpha value is -1.62. The molecule has 0 saturated carbocycles. The maximum absolute atomic E-state index is 13.2. The fourth-order valence-corrected chi connectivity index (χ4v) is 1.73. The van der Waals surface area contributed by atoms with Crippen molar-refractivity contribution in [1.29, 1.82) is 0 Å². The van der Waals surface area contributed by atoms with Crippen molar-refractivity contribution in [2.75, 3.05) is 6.61 Å². The Morgan fingerprint density at radius 2 is 2.05 bits per heavy atom. The molecule has 3 N–H and O–H groups in total. The maximum Gasteiger partial charge on any atom is 0.258 e. The third-order valence-electron chi connectivity index (χ3n) is 2.89. The Labute approximate surface area is 113 Å². The molecule has 0 aliphatic heterocycles. The first-order valence-electron chi connectivity index (χ1n) is 6.50. The Morgan fingerprint density at radius 1 is 1.37 bits per heavy atom. The second-order valence-corrected chi connectivity index (χ2v) is 4.37. The van der Waals surface area contributed by atoms with Gasteiger partial charge in [-0.3, -0.25) is 4.79 Å². The third kappa shape index (κ3) is 5.26. The van der Waals surface area contributed by atoms with E-state index in [1.165, 1.54) is 12.1 Å². The topological polar surface area (TPSA) is 64.3 Å². The minimum atomic E-state index is -0.418. The van der Waals surface area contributed by atoms with Crippen LogP contribution in [0.4, 0.5) is 4.39 Å². The lowest BCUT2D eigenvalue weighted by Gasteiger charge is -2.15. The minimum Gasteiger partial charge on any atom is -0.484 e. The van der Waals surface area contributed by atoms with Gasteiger partial charge in [0.2, 0.25) is 0 Å². The summed E-state index contributed by atoms with van der Waals surface area (Å²) < 4.78 is 18.5. The molecule has 0 atom stereocenters. The second-order valence-electron chi connectivity index (χ2n) is 4.37. The van der Waals surface area contributed by atoms with E-state index >= 15 is 0 Å². The molecule has 0 bridgehead atoms. The van der Waals surface area contributed by atoms with Gasteiger partial charge in [0.15, 0.2) is 6.61 Å². The van der Waals surface area contributed by atoms with Gasteiger partial charge in [0, 0.05) is 18.7 Å². The Balaban J connectivity index is 2.52. The Morgan fingerprint density at radius 3 is 2.63 bits per heavy atom. The molecule has 0 spiro atoms. The first-order chi connectivity index (χ1) is 9.08. The van der Waals surface area contributed by atoms with Gasteiger partial charge in [0.05, 0.1) is 0 Å². The van der Waals surface area contributed by atoms with E-state index < -0.39 is 5.82 Å². The standard InChI is InChI=1S/C14H21FN2O2/c1-3-12(4-2)17-14(18)9-19-13-6-10(8-16)5-11(15)7-13/h5-7,12H,3-4,8-9,16H2,1-2H3,(H,17,18). The molecule has 0 radical (unpaired) electrons. The average Bonchev–Trinajstić information content (AvgIpc) is 2.41. The van der Waals surface area contributed by atoms with Crippen LogP contribution in [0.25, 0.3) is 0 Å². The highest BCUT2D eigenvalue weighted by atomic mass is 19.1. The number of halogens is 1. The summed E-state index contributed by atoms with van der Waals surface area (Å²) in [6.45, 7) is 4.13. The zero-order valence-corrected chi connectivity index (χ0v) is 11.4. The normalized spacial score (nSPS) is 10.6. The van der Waals surface area contributed by atoms with Gasteiger partial charge >= 0.3 is 0 Å². The highest BCUT2D eigenvalue weighted by Gasteiger charge is 2.09. The minimum absolute atomic E-state index is 0.121. The molecule has 5 heteroatoms. The van der Waals surface area contributed by atoms with Crippen molar-refractivity contribution in [2.24, 2.45) is 5.73 Å². The highest BCUT2D eigenvalue weighted by molar-refractivity contribution is 5.77. The summed E-state index contributed by atoms with van der Waals surface area (Å²) in [5.41, 5.74) is 6.08. The zero-order chi connectivity index (χ0) is 14.3. The average molecular weight is 268 g/mol. The number of carbonyl (C=O) groups excluding carboxylic acids is 1. The lowest BCUT2D eigenvalue weighted by Crippen LogP contribution is -2.37. The molecule has 0 aliphatic rings. The van der Waals surface area contributed by atoms with Crippen LogP contribution in [0.15, 0.2) is 18.2 Å². The summed E-state index contributed by atoms with van der Waals surface area (Å²) in [5.74, 6) is -0.300. The summed E-state index contributed by atoms with van der Waals surface area (Å²) in [6.07, 6.45) is 1.75. The molecule has 0 unspecified atom stereocenters. The van der Waals surface area contributed by atoms with Crippen LogP contribution in [-0.4, -0.2) is 18.6 Å². The molecule has 0 aromatic heterocycles. The van der Waals surface area contributed by atoms with Crippen LogP contribution in [0.2, 0.25) is 0 Å². The van der Waals surface area contributed by atoms with Crippen molar-refractivity contribution in [3.05, 3.63) is 29.6 Å². The predicted octanol–water partition coefficient (Wildman–Crippen LogP) is 1.97. The van der Waals surface area contributed by atoms with Crippen LogP contribution in [0.3, 0.4) is 0 Å². The number of benzene rings is 1. The SMILES string of the molecule is CCC(CC)NC(=O)COc1cc(F)cc(CN)c1. The van der Waals surface area contributed by atoms with Gasteiger partial charge in [0.1, 0.15) is 11.6 Å². The van der Waals surface area contributed by atoms with E-state index in [0.29, 0.717) is 11.3 Å². The maximum atomic E-state index is 13.2. The molecule has 1 amide bonds. The molecule has 106 valence electrons. The lowest BCUT2D eigenvalue weighted by atomic mass is 10.2. The van der Waals surface area contributed by atoms with E-state index in [4.69, 9.17) is 10.5 Å². The van der Waals surface area contributed by atoms with E-state index in [0.717, 1.165) is 12.8 Å². The van der Waals surface area contributed by atoms with Gasteiger partial charge < -0.3 is 15.8 Å². The summed E-state index contributed by atoms with van der Waals surface area (Å²) in [5, 5.41) is 2.85. The molecular formula is C14H21FN2O2. The zero-order valence-electron chi connectivity index (χ0n) is 11.4. The van der Waals surface area contributed by atoms with Crippen molar-refractivity contribution in [3.8, 4) is 5.75 Å². The summed E-state index contributed by atoms with van der Waals surface area (Å²) in [6, 6.07) is 4.37. The largest absolute Gasteiger partial charge is 0.484 e. The molecule has 4 nitrogen and oxygen atoms in total. The molecule has 1 aromatic carbocycles. The summed E-state index contributed by atoms with van der Waals surface area (Å²) in [4.78, 5) is 11.6. The second kappa shape index (κ2) is 7.74. The fraction of sp³-hybridized carbons (Fsp3) is 0.500. The molecule has 0 saturated heterocycles. The summed E-state index contributed by atoms with van der Waals surface area (Å²) >= 11 is 0. The fourth-order valence-electron chi connectivity index (χ4n) is 1.73. The smallest absolute Gasteiger partial charge is 0.258 e. The number of nitrogens with two attached hydrogens (primary N) is 1. The molecule has 0 fully saturated rings. The van der Waals surface area contributed by atoms with Crippen LogP contribution < -0.4 is 15.8 Å². The first kappa shape index (κ1) is 15.4. The van der Waals surface area contributed by atoms with Crippen molar-refractivity contribution < 1.29 is 13.9 Å². The van der Waals surface area contributed by atoms with Gasteiger partial charge in [-0.2, -0.15) is 0 Å².